The molecule has 4 rings (SSSR count). The van der Waals surface area contributed by atoms with Gasteiger partial charge in [-0.1, -0.05) is 20.8 Å². The van der Waals surface area contributed by atoms with E-state index in [1.54, 1.807) is 0 Å². The van der Waals surface area contributed by atoms with E-state index in [9.17, 15) is 15.0 Å². The van der Waals surface area contributed by atoms with Crippen molar-refractivity contribution in [3.05, 3.63) is 0 Å². The third-order valence-electron chi connectivity index (χ3n) is 10.2. The van der Waals surface area contributed by atoms with Gasteiger partial charge < -0.3 is 15.3 Å². The van der Waals surface area contributed by atoms with Gasteiger partial charge in [-0.3, -0.25) is 4.79 Å². The molecule has 0 radical (unpaired) electrons. The number of fused-ring (bicyclic) bond motifs is 5. The fourth-order valence-corrected chi connectivity index (χ4v) is 8.73. The smallest absolute Gasteiger partial charge is 0.303 e. The largest absolute Gasteiger partial charge is 0.481 e. The van der Waals surface area contributed by atoms with Crippen molar-refractivity contribution in [2.45, 2.75) is 97.2 Å². The Morgan fingerprint density at radius 3 is 2.39 bits per heavy atom. The average Bonchev–Trinajstić information content (AvgIpc) is 2.98. The summed E-state index contributed by atoms with van der Waals surface area (Å²) in [5.41, 5.74) is 0.523. The van der Waals surface area contributed by atoms with Crippen LogP contribution in [0.4, 0.5) is 0 Å². The van der Waals surface area contributed by atoms with Crippen LogP contribution in [0.1, 0.15) is 85.0 Å². The molecule has 0 amide bonds. The molecule has 0 aromatic rings. The summed E-state index contributed by atoms with van der Waals surface area (Å²) in [6.07, 6.45) is 9.19. The zero-order valence-corrected chi connectivity index (χ0v) is 17.9. The van der Waals surface area contributed by atoms with E-state index in [2.05, 4.69) is 20.8 Å². The molecular formula is C24H40O4. The normalized spacial score (nSPS) is 51.7. The quantitative estimate of drug-likeness (QED) is 0.659. The Balaban J connectivity index is 1.55. The van der Waals surface area contributed by atoms with Crippen molar-refractivity contribution >= 4 is 5.97 Å². The van der Waals surface area contributed by atoms with Gasteiger partial charge in [-0.2, -0.15) is 0 Å². The van der Waals surface area contributed by atoms with E-state index in [-0.39, 0.29) is 29.5 Å². The van der Waals surface area contributed by atoms with Crippen molar-refractivity contribution in [2.24, 2.45) is 46.3 Å². The highest BCUT2D eigenvalue weighted by Gasteiger charge is 2.62. The minimum Gasteiger partial charge on any atom is -0.481 e. The van der Waals surface area contributed by atoms with Crippen LogP contribution in [-0.2, 0) is 4.79 Å². The van der Waals surface area contributed by atoms with Gasteiger partial charge in [-0.05, 0) is 104 Å². The van der Waals surface area contributed by atoms with E-state index in [4.69, 9.17) is 5.11 Å². The molecule has 4 aliphatic carbocycles. The lowest BCUT2D eigenvalue weighted by atomic mass is 9.43. The molecule has 4 saturated carbocycles. The van der Waals surface area contributed by atoms with Gasteiger partial charge in [0, 0.05) is 6.42 Å². The number of rotatable bonds is 4. The van der Waals surface area contributed by atoms with Gasteiger partial charge in [-0.25, -0.2) is 0 Å². The standard InChI is InChI=1S/C24H40O4/c1-14(4-7-21(27)28)17-5-6-18-22-19(9-11-24(17,18)3)23(2)10-8-16(25)12-15(23)13-20(22)26/h14-20,22,25-26H,4-13H2,1-3H3,(H,27,28)/t14-,15-,16-,17-,18-,19+,20-,22-,23+,24-/m1/s1. The molecule has 0 heterocycles. The summed E-state index contributed by atoms with van der Waals surface area (Å²) in [6, 6.07) is 0. The van der Waals surface area contributed by atoms with E-state index < -0.39 is 5.97 Å². The first-order chi connectivity index (χ1) is 13.2. The SMILES string of the molecule is C[C@H](CCC(=O)O)[C@H]1CC[C@@H]2[C@H]3[C@H](O)C[C@H]4C[C@H](O)CC[C@]4(C)[C@H]3CC[C@@]21C. The molecular weight excluding hydrogens is 352 g/mol. The Kier molecular flexibility index (Phi) is 5.36. The number of carbonyl (C=O) groups is 1. The molecule has 4 fully saturated rings. The predicted octanol–water partition coefficient (Wildman–Crippen LogP) is 4.48. The fraction of sp³-hybridized carbons (Fsp3) is 0.958. The van der Waals surface area contributed by atoms with Crippen LogP contribution >= 0.6 is 0 Å². The second-order valence-corrected chi connectivity index (χ2v) is 11.4. The number of hydrogen-bond donors (Lipinski definition) is 3. The van der Waals surface area contributed by atoms with E-state index in [1.807, 2.05) is 0 Å². The molecule has 4 nitrogen and oxygen atoms in total. The minimum absolute atomic E-state index is 0.179. The van der Waals surface area contributed by atoms with E-state index in [0.29, 0.717) is 35.5 Å². The number of carboxylic acid groups (broad SMARTS) is 1. The highest BCUT2D eigenvalue weighted by molar-refractivity contribution is 5.66. The van der Waals surface area contributed by atoms with E-state index in [1.165, 1.54) is 25.7 Å². The molecule has 0 unspecified atom stereocenters. The van der Waals surface area contributed by atoms with Crippen LogP contribution < -0.4 is 0 Å². The van der Waals surface area contributed by atoms with Gasteiger partial charge in [0.05, 0.1) is 12.2 Å². The van der Waals surface area contributed by atoms with Crippen molar-refractivity contribution in [1.29, 1.82) is 0 Å². The molecule has 0 aliphatic heterocycles. The van der Waals surface area contributed by atoms with Crippen LogP contribution in [0.25, 0.3) is 0 Å². The Labute approximate surface area is 170 Å². The number of carboxylic acids is 1. The maximum atomic E-state index is 11.2. The van der Waals surface area contributed by atoms with Crippen molar-refractivity contribution in [3.63, 3.8) is 0 Å². The summed E-state index contributed by atoms with van der Waals surface area (Å²) < 4.78 is 0. The molecule has 28 heavy (non-hydrogen) atoms. The minimum atomic E-state index is -0.684. The topological polar surface area (TPSA) is 77.8 Å². The summed E-state index contributed by atoms with van der Waals surface area (Å²) in [5, 5.41) is 30.5. The maximum absolute atomic E-state index is 11.2. The van der Waals surface area contributed by atoms with Crippen molar-refractivity contribution in [2.75, 3.05) is 0 Å². The lowest BCUT2D eigenvalue weighted by Crippen LogP contribution is -2.58. The average molecular weight is 393 g/mol. The fourth-order valence-electron chi connectivity index (χ4n) is 8.73. The van der Waals surface area contributed by atoms with Gasteiger partial charge in [0.15, 0.2) is 0 Å². The monoisotopic (exact) mass is 392 g/mol. The number of hydrogen-bond acceptors (Lipinski definition) is 3. The van der Waals surface area contributed by atoms with Crippen LogP contribution in [0.2, 0.25) is 0 Å². The second kappa shape index (κ2) is 7.27. The molecule has 4 aliphatic rings. The first-order valence-corrected chi connectivity index (χ1v) is 11.7. The number of aliphatic carboxylic acids is 1. The molecule has 4 heteroatoms. The lowest BCUT2D eigenvalue weighted by molar-refractivity contribution is -0.174. The predicted molar refractivity (Wildman–Crippen MR) is 109 cm³/mol. The molecule has 0 spiro atoms. The van der Waals surface area contributed by atoms with Gasteiger partial charge in [0.2, 0.25) is 0 Å². The van der Waals surface area contributed by atoms with Crippen molar-refractivity contribution in [3.8, 4) is 0 Å². The van der Waals surface area contributed by atoms with Gasteiger partial charge in [-0.15, -0.1) is 0 Å². The highest BCUT2D eigenvalue weighted by Crippen LogP contribution is 2.68. The van der Waals surface area contributed by atoms with Crippen molar-refractivity contribution < 1.29 is 20.1 Å². The molecule has 160 valence electrons. The van der Waals surface area contributed by atoms with Crippen molar-refractivity contribution in [1.82, 2.24) is 0 Å². The van der Waals surface area contributed by atoms with Crippen LogP contribution in [0, 0.1) is 46.3 Å². The number of aliphatic hydroxyl groups excluding tert-OH is 2. The first kappa shape index (κ1) is 20.7. The third kappa shape index (κ3) is 3.14. The van der Waals surface area contributed by atoms with Gasteiger partial charge in [0.1, 0.15) is 0 Å². The summed E-state index contributed by atoms with van der Waals surface area (Å²) in [7, 11) is 0. The van der Waals surface area contributed by atoms with Crippen LogP contribution in [0.3, 0.4) is 0 Å². The zero-order valence-electron chi connectivity index (χ0n) is 17.9. The second-order valence-electron chi connectivity index (χ2n) is 11.4. The Hall–Kier alpha value is -0.610. The van der Waals surface area contributed by atoms with Gasteiger partial charge >= 0.3 is 5.97 Å². The van der Waals surface area contributed by atoms with Crippen LogP contribution in [0.15, 0.2) is 0 Å². The molecule has 0 bridgehead atoms. The number of aliphatic hydroxyl groups is 2. The zero-order chi connectivity index (χ0) is 20.3. The highest BCUT2D eigenvalue weighted by atomic mass is 16.4. The first-order valence-electron chi connectivity index (χ1n) is 11.7. The molecule has 0 aromatic carbocycles. The third-order valence-corrected chi connectivity index (χ3v) is 10.2. The Morgan fingerprint density at radius 2 is 1.68 bits per heavy atom. The summed E-state index contributed by atoms with van der Waals surface area (Å²) in [4.78, 5) is 11.1. The van der Waals surface area contributed by atoms with Crippen LogP contribution in [-0.4, -0.2) is 33.5 Å². The summed E-state index contributed by atoms with van der Waals surface area (Å²) in [6.45, 7) is 7.16. The Morgan fingerprint density at radius 1 is 1.00 bits per heavy atom. The molecule has 3 N–H and O–H groups in total. The van der Waals surface area contributed by atoms with Crippen LogP contribution in [0.5, 0.6) is 0 Å². The van der Waals surface area contributed by atoms with E-state index >= 15 is 0 Å². The lowest BCUT2D eigenvalue weighted by Gasteiger charge is -2.62. The van der Waals surface area contributed by atoms with E-state index in [0.717, 1.165) is 32.1 Å². The molecule has 10 atom stereocenters. The Bertz CT molecular complexity index is 605. The molecule has 0 saturated heterocycles. The summed E-state index contributed by atoms with van der Waals surface area (Å²) >= 11 is 0. The maximum Gasteiger partial charge on any atom is 0.303 e. The van der Waals surface area contributed by atoms with Gasteiger partial charge in [0.25, 0.3) is 0 Å². The summed E-state index contributed by atoms with van der Waals surface area (Å²) in [5.74, 6) is 2.36. The molecule has 0 aromatic heterocycles.